The fourth-order valence-corrected chi connectivity index (χ4v) is 4.29. The predicted octanol–water partition coefficient (Wildman–Crippen LogP) is 5.02. The molecule has 7 heteroatoms. The second-order valence-corrected chi connectivity index (χ2v) is 8.87. The maximum absolute atomic E-state index is 13.0. The fourth-order valence-electron chi connectivity index (χ4n) is 3.17. The number of nitrogens with one attached hydrogen (secondary N) is 1. The molecule has 0 heterocycles. The minimum atomic E-state index is -3.99. The zero-order valence-corrected chi connectivity index (χ0v) is 17.5. The first-order chi connectivity index (χ1) is 14.3. The number of hydrogen-bond acceptors (Lipinski definition) is 4. The van der Waals surface area contributed by atoms with Gasteiger partial charge in [0.25, 0.3) is 10.0 Å². The molecule has 3 aromatic carbocycles. The lowest BCUT2D eigenvalue weighted by atomic mass is 9.92. The van der Waals surface area contributed by atoms with Crippen LogP contribution in [0.15, 0.2) is 93.9 Å². The van der Waals surface area contributed by atoms with Gasteiger partial charge in [-0.3, -0.25) is 4.79 Å². The van der Waals surface area contributed by atoms with E-state index in [-0.39, 0.29) is 22.1 Å². The molecule has 0 aliphatic heterocycles. The molecule has 1 N–H and O–H groups in total. The van der Waals surface area contributed by atoms with E-state index in [2.05, 4.69) is 9.71 Å². The van der Waals surface area contributed by atoms with E-state index in [9.17, 15) is 13.2 Å². The molecule has 0 atom stereocenters. The van der Waals surface area contributed by atoms with Crippen molar-refractivity contribution in [2.45, 2.75) is 11.8 Å². The third-order valence-electron chi connectivity index (χ3n) is 4.60. The van der Waals surface area contributed by atoms with Crippen molar-refractivity contribution in [1.29, 1.82) is 0 Å². The standard InChI is InChI=1S/C23H17ClN2O3S/c1-15-5-4-6-17(13-15)25-22-14-21(19-7-2-3-8-20(19)23(22)27)26-30(28,29)18-11-9-16(24)10-12-18/h2-14,25H,1H3/b26-21+. The maximum atomic E-state index is 13.0. The third kappa shape index (κ3) is 4.06. The van der Waals surface area contributed by atoms with Gasteiger partial charge in [0, 0.05) is 21.8 Å². The molecule has 0 radical (unpaired) electrons. The van der Waals surface area contributed by atoms with E-state index in [1.165, 1.54) is 30.3 Å². The average Bonchev–Trinajstić information content (AvgIpc) is 2.72. The van der Waals surface area contributed by atoms with Crippen LogP contribution >= 0.6 is 11.6 Å². The zero-order chi connectivity index (χ0) is 21.3. The van der Waals surface area contributed by atoms with Gasteiger partial charge in [-0.15, -0.1) is 0 Å². The molecule has 0 saturated heterocycles. The van der Waals surface area contributed by atoms with Crippen LogP contribution in [0.5, 0.6) is 0 Å². The molecule has 1 aliphatic carbocycles. The zero-order valence-electron chi connectivity index (χ0n) is 16.0. The SMILES string of the molecule is Cc1cccc(NC2=C/C(=N\S(=O)(=O)c3ccc(Cl)cc3)c3ccccc3C2=O)c1. The highest BCUT2D eigenvalue weighted by Gasteiger charge is 2.26. The van der Waals surface area contributed by atoms with Crippen molar-refractivity contribution in [2.24, 2.45) is 4.40 Å². The average molecular weight is 437 g/mol. The van der Waals surface area contributed by atoms with Crippen molar-refractivity contribution >= 4 is 38.8 Å². The molecule has 5 nitrogen and oxygen atoms in total. The van der Waals surface area contributed by atoms with Crippen LogP contribution in [0.25, 0.3) is 0 Å². The van der Waals surface area contributed by atoms with Crippen molar-refractivity contribution in [3.8, 4) is 0 Å². The number of Topliss-reactive ketones (excluding diaryl/α,β-unsaturated/α-hetero) is 1. The first kappa shape index (κ1) is 20.1. The topological polar surface area (TPSA) is 75.6 Å². The molecule has 0 unspecified atom stereocenters. The molecule has 0 spiro atoms. The summed E-state index contributed by atoms with van der Waals surface area (Å²) >= 11 is 5.86. The number of fused-ring (bicyclic) bond motifs is 1. The molecule has 0 fully saturated rings. The van der Waals surface area contributed by atoms with E-state index in [0.717, 1.165) is 11.3 Å². The van der Waals surface area contributed by atoms with Gasteiger partial charge in [0.05, 0.1) is 16.3 Å². The normalized spacial score (nSPS) is 14.9. The summed E-state index contributed by atoms with van der Waals surface area (Å²) in [4.78, 5) is 13.0. The van der Waals surface area contributed by atoms with Gasteiger partial charge < -0.3 is 5.32 Å². The summed E-state index contributed by atoms with van der Waals surface area (Å²) in [7, 11) is -3.99. The van der Waals surface area contributed by atoms with Crippen LogP contribution in [0.3, 0.4) is 0 Å². The van der Waals surface area contributed by atoms with Gasteiger partial charge in [-0.05, 0) is 55.0 Å². The van der Waals surface area contributed by atoms with Gasteiger partial charge in [-0.1, -0.05) is 48.0 Å². The van der Waals surface area contributed by atoms with Gasteiger partial charge in [-0.25, -0.2) is 0 Å². The van der Waals surface area contributed by atoms with Crippen molar-refractivity contribution in [1.82, 2.24) is 0 Å². The van der Waals surface area contributed by atoms with Crippen LogP contribution in [0.1, 0.15) is 21.5 Å². The molecule has 30 heavy (non-hydrogen) atoms. The number of aryl methyl sites for hydroxylation is 1. The summed E-state index contributed by atoms with van der Waals surface area (Å²) in [5.41, 5.74) is 3.06. The van der Waals surface area contributed by atoms with Crippen molar-refractivity contribution in [2.75, 3.05) is 5.32 Å². The molecule has 0 aromatic heterocycles. The Bertz CT molecular complexity index is 1310. The lowest BCUT2D eigenvalue weighted by molar-refractivity contribution is 0.103. The summed E-state index contributed by atoms with van der Waals surface area (Å²) in [6.45, 7) is 1.95. The summed E-state index contributed by atoms with van der Waals surface area (Å²) < 4.78 is 29.7. The number of hydrogen-bond donors (Lipinski definition) is 1. The van der Waals surface area contributed by atoms with E-state index < -0.39 is 10.0 Å². The number of ketones is 1. The number of anilines is 1. The van der Waals surface area contributed by atoms with Gasteiger partial charge in [-0.2, -0.15) is 12.8 Å². The minimum Gasteiger partial charge on any atom is -0.352 e. The number of benzene rings is 3. The van der Waals surface area contributed by atoms with E-state index in [0.29, 0.717) is 16.1 Å². The highest BCUT2D eigenvalue weighted by atomic mass is 35.5. The van der Waals surface area contributed by atoms with Crippen molar-refractivity contribution in [3.63, 3.8) is 0 Å². The molecular weight excluding hydrogens is 420 g/mol. The Hall–Kier alpha value is -3.22. The van der Waals surface area contributed by atoms with Crippen molar-refractivity contribution < 1.29 is 13.2 Å². The number of sulfonamides is 1. The highest BCUT2D eigenvalue weighted by Crippen LogP contribution is 2.25. The predicted molar refractivity (Wildman–Crippen MR) is 119 cm³/mol. The Labute approximate surface area is 179 Å². The number of carbonyl (C=O) groups excluding carboxylic acids is 1. The van der Waals surface area contributed by atoms with Crippen molar-refractivity contribution in [3.05, 3.63) is 106 Å². The molecule has 1 aliphatic rings. The second kappa shape index (κ2) is 7.89. The van der Waals surface area contributed by atoms with E-state index in [4.69, 9.17) is 11.6 Å². The molecule has 150 valence electrons. The molecule has 3 aromatic rings. The lowest BCUT2D eigenvalue weighted by Crippen LogP contribution is -2.22. The number of allylic oxidation sites excluding steroid dienone is 2. The molecule has 0 bridgehead atoms. The lowest BCUT2D eigenvalue weighted by Gasteiger charge is -2.19. The monoisotopic (exact) mass is 436 g/mol. The van der Waals surface area contributed by atoms with Crippen LogP contribution in [-0.4, -0.2) is 19.9 Å². The third-order valence-corrected chi connectivity index (χ3v) is 6.16. The Morgan fingerprint density at radius 1 is 0.900 bits per heavy atom. The summed E-state index contributed by atoms with van der Waals surface area (Å²) in [5.74, 6) is -0.227. The van der Waals surface area contributed by atoms with E-state index in [1.807, 2.05) is 31.2 Å². The number of halogens is 1. The Morgan fingerprint density at radius 3 is 2.30 bits per heavy atom. The number of nitrogens with zero attached hydrogens (tertiary/aromatic N) is 1. The van der Waals surface area contributed by atoms with Crippen LogP contribution in [0.2, 0.25) is 5.02 Å². The van der Waals surface area contributed by atoms with Gasteiger partial charge in [0.2, 0.25) is 5.78 Å². The maximum Gasteiger partial charge on any atom is 0.282 e. The van der Waals surface area contributed by atoms with Crippen LogP contribution in [0.4, 0.5) is 5.69 Å². The Kier molecular flexibility index (Phi) is 5.28. The molecule has 0 saturated carbocycles. The first-order valence-electron chi connectivity index (χ1n) is 9.13. The van der Waals surface area contributed by atoms with Crippen LogP contribution in [0, 0.1) is 6.92 Å². The summed E-state index contributed by atoms with van der Waals surface area (Å²) in [6.07, 6.45) is 1.47. The second-order valence-electron chi connectivity index (χ2n) is 6.83. The fraction of sp³-hybridized carbons (Fsp3) is 0.0435. The van der Waals surface area contributed by atoms with Gasteiger partial charge >= 0.3 is 0 Å². The Morgan fingerprint density at radius 2 is 1.60 bits per heavy atom. The minimum absolute atomic E-state index is 0.0235. The smallest absolute Gasteiger partial charge is 0.282 e. The molecule has 0 amide bonds. The molecule has 4 rings (SSSR count). The van der Waals surface area contributed by atoms with Crippen LogP contribution in [-0.2, 0) is 10.0 Å². The largest absolute Gasteiger partial charge is 0.352 e. The van der Waals surface area contributed by atoms with E-state index >= 15 is 0 Å². The van der Waals surface area contributed by atoms with Crippen LogP contribution < -0.4 is 5.32 Å². The van der Waals surface area contributed by atoms with Gasteiger partial charge in [0.1, 0.15) is 0 Å². The number of carbonyl (C=O) groups is 1. The highest BCUT2D eigenvalue weighted by molar-refractivity contribution is 7.90. The summed E-state index contributed by atoms with van der Waals surface area (Å²) in [5, 5.41) is 3.52. The first-order valence-corrected chi connectivity index (χ1v) is 11.0. The van der Waals surface area contributed by atoms with E-state index in [1.54, 1.807) is 24.3 Å². The quantitative estimate of drug-likeness (QED) is 0.623. The Balaban J connectivity index is 1.81. The van der Waals surface area contributed by atoms with Gasteiger partial charge in [0.15, 0.2) is 0 Å². The summed E-state index contributed by atoms with van der Waals surface area (Å²) in [6, 6.07) is 20.2. The molecular formula is C23H17ClN2O3S. The number of rotatable bonds is 4.